The molecule has 1 heteroatoms. The predicted molar refractivity (Wildman–Crippen MR) is 94.2 cm³/mol. The smallest absolute Gasteiger partial charge is 0.133 e. The van der Waals surface area contributed by atoms with Gasteiger partial charge in [0.15, 0.2) is 0 Å². The first-order chi connectivity index (χ1) is 10.2. The second kappa shape index (κ2) is 15.6. The largest absolute Gasteiger partial charge is 0.377 e. The van der Waals surface area contributed by atoms with Gasteiger partial charge < -0.3 is 5.11 Å². The fourth-order valence-electron chi connectivity index (χ4n) is 2.63. The van der Waals surface area contributed by atoms with Crippen molar-refractivity contribution in [3.05, 3.63) is 12.2 Å². The van der Waals surface area contributed by atoms with E-state index in [9.17, 15) is 0 Å². The SMILES string of the molecule is C#C[C@H](O)/C=C/CCCCCCCCC(C)CCCCC. The number of hydrogen-bond acceptors (Lipinski definition) is 1. The number of rotatable bonds is 14. The van der Waals surface area contributed by atoms with E-state index in [1.54, 1.807) is 6.08 Å². The van der Waals surface area contributed by atoms with Crippen LogP contribution in [0.2, 0.25) is 0 Å². The Balaban J connectivity index is 3.22. The van der Waals surface area contributed by atoms with Crippen molar-refractivity contribution in [1.29, 1.82) is 0 Å². The molecule has 0 aliphatic rings. The van der Waals surface area contributed by atoms with Crippen molar-refractivity contribution >= 4 is 0 Å². The molecule has 0 aromatic carbocycles. The average molecular weight is 293 g/mol. The molecule has 0 heterocycles. The third kappa shape index (κ3) is 15.5. The molecule has 0 aliphatic carbocycles. The maximum Gasteiger partial charge on any atom is 0.133 e. The van der Waals surface area contributed by atoms with Gasteiger partial charge in [-0.25, -0.2) is 0 Å². The molecule has 0 saturated heterocycles. The van der Waals surface area contributed by atoms with Crippen LogP contribution in [-0.2, 0) is 0 Å². The van der Waals surface area contributed by atoms with Crippen LogP contribution in [0.4, 0.5) is 0 Å². The zero-order valence-corrected chi connectivity index (χ0v) is 14.3. The van der Waals surface area contributed by atoms with Crippen molar-refractivity contribution in [3.63, 3.8) is 0 Å². The summed E-state index contributed by atoms with van der Waals surface area (Å²) in [4.78, 5) is 0. The van der Waals surface area contributed by atoms with E-state index in [-0.39, 0.29) is 0 Å². The lowest BCUT2D eigenvalue weighted by molar-refractivity contribution is 0.280. The highest BCUT2D eigenvalue weighted by Gasteiger charge is 2.01. The van der Waals surface area contributed by atoms with E-state index in [0.29, 0.717) is 0 Å². The summed E-state index contributed by atoms with van der Waals surface area (Å²) in [6.07, 6.45) is 24.1. The van der Waals surface area contributed by atoms with Crippen LogP contribution in [0, 0.1) is 18.3 Å². The molecule has 0 bridgehead atoms. The predicted octanol–water partition coefficient (Wildman–Crippen LogP) is 5.87. The fourth-order valence-corrected chi connectivity index (χ4v) is 2.63. The van der Waals surface area contributed by atoms with Gasteiger partial charge in [0.1, 0.15) is 6.10 Å². The van der Waals surface area contributed by atoms with Gasteiger partial charge in [0, 0.05) is 0 Å². The molecule has 122 valence electrons. The summed E-state index contributed by atoms with van der Waals surface area (Å²) in [7, 11) is 0. The summed E-state index contributed by atoms with van der Waals surface area (Å²) in [5.74, 6) is 3.20. The van der Waals surface area contributed by atoms with Crippen molar-refractivity contribution in [2.75, 3.05) is 0 Å². The van der Waals surface area contributed by atoms with Crippen LogP contribution in [0.3, 0.4) is 0 Å². The van der Waals surface area contributed by atoms with Gasteiger partial charge >= 0.3 is 0 Å². The lowest BCUT2D eigenvalue weighted by atomic mass is 9.96. The monoisotopic (exact) mass is 292 g/mol. The van der Waals surface area contributed by atoms with Crippen molar-refractivity contribution in [1.82, 2.24) is 0 Å². The molecule has 2 atom stereocenters. The summed E-state index contributed by atoms with van der Waals surface area (Å²) >= 11 is 0. The van der Waals surface area contributed by atoms with E-state index >= 15 is 0 Å². The van der Waals surface area contributed by atoms with Gasteiger partial charge in [0.2, 0.25) is 0 Å². The van der Waals surface area contributed by atoms with E-state index < -0.39 is 6.10 Å². The Morgan fingerprint density at radius 1 is 0.952 bits per heavy atom. The van der Waals surface area contributed by atoms with Crippen LogP contribution in [0.15, 0.2) is 12.2 Å². The lowest BCUT2D eigenvalue weighted by Gasteiger charge is -2.10. The quantitative estimate of drug-likeness (QED) is 0.241. The van der Waals surface area contributed by atoms with Crippen LogP contribution in [0.1, 0.15) is 90.9 Å². The van der Waals surface area contributed by atoms with Crippen molar-refractivity contribution < 1.29 is 5.11 Å². The number of allylic oxidation sites excluding steroid dienone is 1. The first-order valence-electron chi connectivity index (χ1n) is 9.01. The van der Waals surface area contributed by atoms with E-state index in [1.807, 2.05) is 6.08 Å². The second-order valence-electron chi connectivity index (χ2n) is 6.34. The van der Waals surface area contributed by atoms with Crippen LogP contribution in [0.5, 0.6) is 0 Å². The minimum atomic E-state index is -0.704. The average Bonchev–Trinajstić information content (AvgIpc) is 2.49. The van der Waals surface area contributed by atoms with Crippen molar-refractivity contribution in [2.24, 2.45) is 5.92 Å². The van der Waals surface area contributed by atoms with Crippen molar-refractivity contribution in [2.45, 2.75) is 97.0 Å². The second-order valence-corrected chi connectivity index (χ2v) is 6.34. The Labute approximate surface area is 133 Å². The Kier molecular flexibility index (Phi) is 15.1. The minimum Gasteiger partial charge on any atom is -0.377 e. The molecule has 0 radical (unpaired) electrons. The molecule has 0 amide bonds. The van der Waals surface area contributed by atoms with Crippen LogP contribution >= 0.6 is 0 Å². The van der Waals surface area contributed by atoms with Crippen LogP contribution in [0.25, 0.3) is 0 Å². The summed E-state index contributed by atoms with van der Waals surface area (Å²) in [5, 5.41) is 9.15. The maximum absolute atomic E-state index is 9.15. The highest BCUT2D eigenvalue weighted by molar-refractivity contribution is 5.05. The molecule has 0 aromatic heterocycles. The number of hydrogen-bond donors (Lipinski definition) is 1. The Hall–Kier alpha value is -0.740. The highest BCUT2D eigenvalue weighted by Crippen LogP contribution is 2.17. The van der Waals surface area contributed by atoms with E-state index in [1.165, 1.54) is 70.6 Å². The third-order valence-corrected chi connectivity index (χ3v) is 4.11. The van der Waals surface area contributed by atoms with Gasteiger partial charge in [-0.1, -0.05) is 90.1 Å². The van der Waals surface area contributed by atoms with Gasteiger partial charge in [-0.2, -0.15) is 0 Å². The first-order valence-corrected chi connectivity index (χ1v) is 9.01. The number of terminal acetylenes is 1. The molecular weight excluding hydrogens is 256 g/mol. The molecule has 0 spiro atoms. The summed E-state index contributed by atoms with van der Waals surface area (Å²) in [6, 6.07) is 0. The minimum absolute atomic E-state index is 0.704. The molecule has 1 unspecified atom stereocenters. The maximum atomic E-state index is 9.15. The van der Waals surface area contributed by atoms with Crippen LogP contribution in [-0.4, -0.2) is 11.2 Å². The topological polar surface area (TPSA) is 20.2 Å². The fraction of sp³-hybridized carbons (Fsp3) is 0.800. The van der Waals surface area contributed by atoms with Crippen molar-refractivity contribution in [3.8, 4) is 12.3 Å². The van der Waals surface area contributed by atoms with Gasteiger partial charge in [-0.3, -0.25) is 0 Å². The Morgan fingerprint density at radius 2 is 1.52 bits per heavy atom. The summed E-state index contributed by atoms with van der Waals surface area (Å²) < 4.78 is 0. The van der Waals surface area contributed by atoms with E-state index in [0.717, 1.165) is 12.3 Å². The molecule has 1 N–H and O–H groups in total. The zero-order chi connectivity index (χ0) is 15.8. The molecule has 0 rings (SSSR count). The standard InChI is InChI=1S/C20H36O/c1-4-6-13-16-19(3)17-14-11-9-7-8-10-12-15-18-20(21)5-2/h2,15,18-21H,4,6-14,16-17H2,1,3H3/b18-15+/t19?,20-/m0/s1. The van der Waals surface area contributed by atoms with Gasteiger partial charge in [0.05, 0.1) is 0 Å². The molecule has 21 heavy (non-hydrogen) atoms. The molecule has 0 saturated carbocycles. The first kappa shape index (κ1) is 20.3. The van der Waals surface area contributed by atoms with Gasteiger partial charge in [0.25, 0.3) is 0 Å². The highest BCUT2D eigenvalue weighted by atomic mass is 16.3. The van der Waals surface area contributed by atoms with E-state index in [2.05, 4.69) is 19.8 Å². The molecule has 0 aromatic rings. The zero-order valence-electron chi connectivity index (χ0n) is 14.3. The number of aliphatic hydroxyl groups is 1. The molecule has 1 nitrogen and oxygen atoms in total. The van der Waals surface area contributed by atoms with Gasteiger partial charge in [-0.15, -0.1) is 6.42 Å². The third-order valence-electron chi connectivity index (χ3n) is 4.11. The van der Waals surface area contributed by atoms with Gasteiger partial charge in [-0.05, 0) is 24.8 Å². The normalized spacial score (nSPS) is 14.2. The molecule has 0 fully saturated rings. The van der Waals surface area contributed by atoms with Crippen LogP contribution < -0.4 is 0 Å². The number of aliphatic hydroxyl groups excluding tert-OH is 1. The Morgan fingerprint density at radius 3 is 2.14 bits per heavy atom. The lowest BCUT2D eigenvalue weighted by Crippen LogP contribution is -1.95. The Bertz CT molecular complexity index is 274. The van der Waals surface area contributed by atoms with E-state index in [4.69, 9.17) is 11.5 Å². The summed E-state index contributed by atoms with van der Waals surface area (Å²) in [5.41, 5.74) is 0. The molecular formula is C20H36O. The summed E-state index contributed by atoms with van der Waals surface area (Å²) in [6.45, 7) is 4.68. The molecule has 0 aliphatic heterocycles. The number of unbranched alkanes of at least 4 members (excludes halogenated alkanes) is 8.